The van der Waals surface area contributed by atoms with E-state index >= 15 is 0 Å². The summed E-state index contributed by atoms with van der Waals surface area (Å²) in [6, 6.07) is 3.76. The molecule has 19 heavy (non-hydrogen) atoms. The molecule has 1 aliphatic heterocycles. The van der Waals surface area contributed by atoms with E-state index in [2.05, 4.69) is 10.3 Å². The summed E-state index contributed by atoms with van der Waals surface area (Å²) in [7, 11) is 0. The Kier molecular flexibility index (Phi) is 3.06. The fraction of sp³-hybridized carbons (Fsp3) is 0.462. The molecule has 1 amide bonds. The van der Waals surface area contributed by atoms with E-state index in [1.807, 2.05) is 21.8 Å². The number of hydrogen-bond donors (Lipinski definition) is 0. The summed E-state index contributed by atoms with van der Waals surface area (Å²) < 4.78 is 6.84. The van der Waals surface area contributed by atoms with Gasteiger partial charge in [0.15, 0.2) is 5.69 Å². The number of hydrogen-bond acceptors (Lipinski definition) is 4. The maximum atomic E-state index is 12.4. The lowest BCUT2D eigenvalue weighted by molar-refractivity contribution is 0.0711. The van der Waals surface area contributed by atoms with Crippen molar-refractivity contribution in [2.24, 2.45) is 0 Å². The number of rotatable bonds is 3. The van der Waals surface area contributed by atoms with Crippen molar-refractivity contribution in [1.82, 2.24) is 19.8 Å². The molecule has 1 atom stereocenters. The van der Waals surface area contributed by atoms with Crippen molar-refractivity contribution in [2.45, 2.75) is 32.4 Å². The molecule has 0 radical (unpaired) electrons. The third-order valence-electron chi connectivity index (χ3n) is 3.44. The standard InChI is InChI=1S/C13H16N4O2/c1-10-8-12(15-19-10)13(18)17-7-2-4-11(17)9-16-6-3-5-14-16/h3,5-6,8,11H,2,4,7,9H2,1H3. The van der Waals surface area contributed by atoms with Crippen molar-refractivity contribution in [1.29, 1.82) is 0 Å². The highest BCUT2D eigenvalue weighted by Crippen LogP contribution is 2.21. The maximum absolute atomic E-state index is 12.4. The molecule has 0 saturated carbocycles. The zero-order chi connectivity index (χ0) is 13.2. The van der Waals surface area contributed by atoms with Gasteiger partial charge in [-0.1, -0.05) is 5.16 Å². The summed E-state index contributed by atoms with van der Waals surface area (Å²) in [4.78, 5) is 14.2. The van der Waals surface area contributed by atoms with Crippen LogP contribution < -0.4 is 0 Å². The van der Waals surface area contributed by atoms with Gasteiger partial charge in [0.2, 0.25) is 0 Å². The van der Waals surface area contributed by atoms with Crippen molar-refractivity contribution < 1.29 is 9.32 Å². The molecule has 100 valence electrons. The first-order valence-corrected chi connectivity index (χ1v) is 6.46. The van der Waals surface area contributed by atoms with Crippen LogP contribution in [0.3, 0.4) is 0 Å². The SMILES string of the molecule is Cc1cc(C(=O)N2CCCC2Cn2cccn2)no1. The summed E-state index contributed by atoms with van der Waals surface area (Å²) >= 11 is 0. The molecule has 6 nitrogen and oxygen atoms in total. The van der Waals surface area contributed by atoms with Gasteiger partial charge in [-0.3, -0.25) is 9.48 Å². The Balaban J connectivity index is 1.74. The van der Waals surface area contributed by atoms with Crippen molar-refractivity contribution in [3.05, 3.63) is 36.0 Å². The van der Waals surface area contributed by atoms with E-state index in [1.165, 1.54) is 0 Å². The van der Waals surface area contributed by atoms with Gasteiger partial charge in [-0.2, -0.15) is 5.10 Å². The minimum atomic E-state index is -0.0495. The molecule has 1 fully saturated rings. The van der Waals surface area contributed by atoms with E-state index in [9.17, 15) is 4.79 Å². The molecule has 3 heterocycles. The van der Waals surface area contributed by atoms with Gasteiger partial charge in [-0.25, -0.2) is 0 Å². The number of nitrogens with zero attached hydrogens (tertiary/aromatic N) is 4. The van der Waals surface area contributed by atoms with Gasteiger partial charge in [-0.15, -0.1) is 0 Å². The van der Waals surface area contributed by atoms with Crippen molar-refractivity contribution in [3.63, 3.8) is 0 Å². The van der Waals surface area contributed by atoms with E-state index in [0.717, 1.165) is 25.9 Å². The first-order chi connectivity index (χ1) is 9.24. The quantitative estimate of drug-likeness (QED) is 0.838. The van der Waals surface area contributed by atoms with Crippen molar-refractivity contribution in [2.75, 3.05) is 6.54 Å². The van der Waals surface area contributed by atoms with Crippen LogP contribution >= 0.6 is 0 Å². The third kappa shape index (κ3) is 2.38. The van der Waals surface area contributed by atoms with E-state index < -0.39 is 0 Å². The van der Waals surface area contributed by atoms with Gasteiger partial charge in [0.25, 0.3) is 5.91 Å². The number of carbonyl (C=O) groups is 1. The molecule has 3 rings (SSSR count). The fourth-order valence-corrected chi connectivity index (χ4v) is 2.53. The Morgan fingerprint density at radius 1 is 1.58 bits per heavy atom. The molecule has 0 N–H and O–H groups in total. The monoisotopic (exact) mass is 260 g/mol. The number of likely N-dealkylation sites (tertiary alicyclic amines) is 1. The van der Waals surface area contributed by atoms with Crippen LogP contribution in [0.5, 0.6) is 0 Å². The third-order valence-corrected chi connectivity index (χ3v) is 3.44. The molecule has 1 unspecified atom stereocenters. The Bertz CT molecular complexity index is 561. The normalized spacial score (nSPS) is 19.0. The summed E-state index contributed by atoms with van der Waals surface area (Å²) in [6.45, 7) is 3.29. The molecule has 1 saturated heterocycles. The van der Waals surface area contributed by atoms with Gasteiger partial charge in [-0.05, 0) is 25.8 Å². The zero-order valence-electron chi connectivity index (χ0n) is 10.8. The molecular formula is C13H16N4O2. The van der Waals surface area contributed by atoms with Gasteiger partial charge in [0, 0.05) is 25.0 Å². The van der Waals surface area contributed by atoms with E-state index in [4.69, 9.17) is 4.52 Å². The molecule has 2 aromatic rings. The molecule has 0 aromatic carbocycles. The number of carbonyl (C=O) groups excluding carboxylic acids is 1. The summed E-state index contributed by atoms with van der Waals surface area (Å²) in [5, 5.41) is 8.00. The lowest BCUT2D eigenvalue weighted by Crippen LogP contribution is -2.38. The highest BCUT2D eigenvalue weighted by atomic mass is 16.5. The van der Waals surface area contributed by atoms with Crippen LogP contribution in [0, 0.1) is 6.92 Å². The average molecular weight is 260 g/mol. The van der Waals surface area contributed by atoms with Gasteiger partial charge >= 0.3 is 0 Å². The summed E-state index contributed by atoms with van der Waals surface area (Å²) in [5.41, 5.74) is 0.393. The molecule has 0 bridgehead atoms. The second kappa shape index (κ2) is 4.87. The van der Waals surface area contributed by atoms with Gasteiger partial charge in [0.05, 0.1) is 12.6 Å². The lowest BCUT2D eigenvalue weighted by atomic mass is 10.2. The number of aryl methyl sites for hydroxylation is 1. The minimum absolute atomic E-state index is 0.0495. The van der Waals surface area contributed by atoms with E-state index in [1.54, 1.807) is 19.2 Å². The van der Waals surface area contributed by atoms with Crippen LogP contribution in [0.15, 0.2) is 29.0 Å². The van der Waals surface area contributed by atoms with Crippen LogP contribution in [-0.2, 0) is 6.54 Å². The largest absolute Gasteiger partial charge is 0.361 e. The Hall–Kier alpha value is -2.11. The minimum Gasteiger partial charge on any atom is -0.361 e. The molecule has 6 heteroatoms. The van der Waals surface area contributed by atoms with Crippen LogP contribution in [0.25, 0.3) is 0 Å². The fourth-order valence-electron chi connectivity index (χ4n) is 2.53. The molecule has 1 aliphatic rings. The van der Waals surface area contributed by atoms with Crippen molar-refractivity contribution >= 4 is 5.91 Å². The Labute approximate surface area is 111 Å². The zero-order valence-corrected chi connectivity index (χ0v) is 10.8. The molecular weight excluding hydrogens is 244 g/mol. The predicted molar refractivity (Wildman–Crippen MR) is 67.5 cm³/mol. The smallest absolute Gasteiger partial charge is 0.276 e. The van der Waals surface area contributed by atoms with Gasteiger partial charge < -0.3 is 9.42 Å². The topological polar surface area (TPSA) is 64.2 Å². The van der Waals surface area contributed by atoms with Crippen LogP contribution in [0.4, 0.5) is 0 Å². The molecule has 2 aromatic heterocycles. The highest BCUT2D eigenvalue weighted by molar-refractivity contribution is 5.92. The predicted octanol–water partition coefficient (Wildman–Crippen LogP) is 1.48. The number of aromatic nitrogens is 3. The van der Waals surface area contributed by atoms with E-state index in [0.29, 0.717) is 11.5 Å². The average Bonchev–Trinajstić information content (AvgIpc) is 3.10. The maximum Gasteiger partial charge on any atom is 0.276 e. The Morgan fingerprint density at radius 3 is 3.16 bits per heavy atom. The summed E-state index contributed by atoms with van der Waals surface area (Å²) in [5.74, 6) is 0.609. The second-order valence-corrected chi connectivity index (χ2v) is 4.85. The first kappa shape index (κ1) is 12.0. The van der Waals surface area contributed by atoms with Crippen LogP contribution in [0.2, 0.25) is 0 Å². The summed E-state index contributed by atoms with van der Waals surface area (Å²) in [6.07, 6.45) is 5.69. The highest BCUT2D eigenvalue weighted by Gasteiger charge is 2.31. The second-order valence-electron chi connectivity index (χ2n) is 4.85. The first-order valence-electron chi connectivity index (χ1n) is 6.46. The molecule has 0 spiro atoms. The van der Waals surface area contributed by atoms with Crippen LogP contribution in [0.1, 0.15) is 29.1 Å². The van der Waals surface area contributed by atoms with Gasteiger partial charge in [0.1, 0.15) is 5.76 Å². The van der Waals surface area contributed by atoms with Crippen LogP contribution in [-0.4, -0.2) is 38.3 Å². The number of amides is 1. The lowest BCUT2D eigenvalue weighted by Gasteiger charge is -2.23. The Morgan fingerprint density at radius 2 is 2.47 bits per heavy atom. The van der Waals surface area contributed by atoms with Crippen molar-refractivity contribution in [3.8, 4) is 0 Å². The molecule has 0 aliphatic carbocycles. The van der Waals surface area contributed by atoms with E-state index in [-0.39, 0.29) is 11.9 Å².